The third-order valence-corrected chi connectivity index (χ3v) is 0.899. The Morgan fingerprint density at radius 1 is 1.56 bits per heavy atom. The Kier molecular flexibility index (Phi) is 4.32. The molecule has 0 aromatic heterocycles. The number of nitrogens with zero attached hydrogens (tertiary/aromatic N) is 1. The zero-order valence-electron chi connectivity index (χ0n) is 6.35. The molecule has 0 aromatic carbocycles. The minimum atomic E-state index is 0.211. The summed E-state index contributed by atoms with van der Waals surface area (Å²) < 4.78 is 0. The Bertz CT molecular complexity index is 88.9. The van der Waals surface area contributed by atoms with E-state index >= 15 is 0 Å². The number of hydrogen-bond donors (Lipinski definition) is 0. The van der Waals surface area contributed by atoms with Gasteiger partial charge in [0, 0.05) is 6.42 Å². The summed E-state index contributed by atoms with van der Waals surface area (Å²) in [5.74, 6) is 0.211. The van der Waals surface area contributed by atoms with Crippen molar-refractivity contribution in [3.8, 4) is 0 Å². The van der Waals surface area contributed by atoms with Crippen molar-refractivity contribution >= 4 is 5.78 Å². The van der Waals surface area contributed by atoms with Gasteiger partial charge in [-0.3, -0.25) is 9.69 Å². The van der Waals surface area contributed by atoms with Crippen LogP contribution in [0, 0.1) is 6.54 Å². The molecular weight excluding hydrogens is 114 g/mol. The molecule has 0 N–H and O–H groups in total. The molecular formula is C7H14NO. The van der Waals surface area contributed by atoms with Gasteiger partial charge in [0.25, 0.3) is 0 Å². The molecule has 1 radical (unpaired) electrons. The molecule has 0 unspecified atom stereocenters. The number of likely N-dealkylation sites (N-methyl/N-ethyl adjacent to an activating group) is 1. The van der Waals surface area contributed by atoms with Crippen LogP contribution in [0.25, 0.3) is 0 Å². The SMILES string of the molecule is CCCC(=O)[CH]N(C)C. The van der Waals surface area contributed by atoms with Crippen LogP contribution in [0.2, 0.25) is 0 Å². The first-order valence-electron chi connectivity index (χ1n) is 3.21. The first kappa shape index (κ1) is 8.63. The van der Waals surface area contributed by atoms with Crippen LogP contribution in [0.15, 0.2) is 0 Å². The summed E-state index contributed by atoms with van der Waals surface area (Å²) >= 11 is 0. The highest BCUT2D eigenvalue weighted by Crippen LogP contribution is 1.93. The summed E-state index contributed by atoms with van der Waals surface area (Å²) in [5.41, 5.74) is 0. The second kappa shape index (κ2) is 4.50. The predicted octanol–water partition coefficient (Wildman–Crippen LogP) is 1.08. The van der Waals surface area contributed by atoms with Gasteiger partial charge in [0.15, 0.2) is 5.78 Å². The molecule has 0 rings (SSSR count). The van der Waals surface area contributed by atoms with E-state index < -0.39 is 0 Å². The van der Waals surface area contributed by atoms with E-state index in [1.165, 1.54) is 0 Å². The molecule has 2 nitrogen and oxygen atoms in total. The maximum atomic E-state index is 10.8. The van der Waals surface area contributed by atoms with Gasteiger partial charge in [0.1, 0.15) is 0 Å². The number of rotatable bonds is 4. The van der Waals surface area contributed by atoms with Crippen LogP contribution in [0.3, 0.4) is 0 Å². The number of hydrogen-bond acceptors (Lipinski definition) is 2. The van der Waals surface area contributed by atoms with Crippen LogP contribution < -0.4 is 0 Å². The Morgan fingerprint density at radius 2 is 2.11 bits per heavy atom. The van der Waals surface area contributed by atoms with Crippen molar-refractivity contribution in [3.05, 3.63) is 6.54 Å². The highest BCUT2D eigenvalue weighted by atomic mass is 16.1. The first-order chi connectivity index (χ1) is 4.16. The highest BCUT2D eigenvalue weighted by molar-refractivity contribution is 5.86. The molecule has 0 amide bonds. The summed E-state index contributed by atoms with van der Waals surface area (Å²) in [6, 6.07) is 0. The molecule has 9 heavy (non-hydrogen) atoms. The maximum Gasteiger partial charge on any atom is 0.152 e. The fourth-order valence-electron chi connectivity index (χ4n) is 0.599. The number of carbonyl (C=O) groups excluding carboxylic acids is 1. The van der Waals surface area contributed by atoms with E-state index in [2.05, 4.69) is 0 Å². The summed E-state index contributed by atoms with van der Waals surface area (Å²) in [5, 5.41) is 0. The molecule has 0 aliphatic carbocycles. The monoisotopic (exact) mass is 128 g/mol. The van der Waals surface area contributed by atoms with Crippen molar-refractivity contribution in [1.29, 1.82) is 0 Å². The van der Waals surface area contributed by atoms with Gasteiger partial charge >= 0.3 is 0 Å². The molecule has 0 saturated carbocycles. The minimum Gasteiger partial charge on any atom is -0.298 e. The highest BCUT2D eigenvalue weighted by Gasteiger charge is 2.00. The van der Waals surface area contributed by atoms with Crippen LogP contribution in [-0.2, 0) is 4.79 Å². The quantitative estimate of drug-likeness (QED) is 0.564. The van der Waals surface area contributed by atoms with Crippen molar-refractivity contribution < 1.29 is 4.79 Å². The van der Waals surface area contributed by atoms with E-state index in [1.807, 2.05) is 21.0 Å². The largest absolute Gasteiger partial charge is 0.298 e. The van der Waals surface area contributed by atoms with Gasteiger partial charge in [0.05, 0.1) is 6.54 Å². The van der Waals surface area contributed by atoms with Gasteiger partial charge in [-0.15, -0.1) is 0 Å². The van der Waals surface area contributed by atoms with Gasteiger partial charge in [-0.25, -0.2) is 0 Å². The van der Waals surface area contributed by atoms with Crippen LogP contribution in [0.5, 0.6) is 0 Å². The fourth-order valence-corrected chi connectivity index (χ4v) is 0.599. The summed E-state index contributed by atoms with van der Waals surface area (Å²) in [4.78, 5) is 12.5. The van der Waals surface area contributed by atoms with Gasteiger partial charge in [-0.05, 0) is 20.5 Å². The molecule has 0 bridgehead atoms. The predicted molar refractivity (Wildman–Crippen MR) is 37.9 cm³/mol. The van der Waals surface area contributed by atoms with Crippen LogP contribution >= 0.6 is 0 Å². The molecule has 0 fully saturated rings. The average molecular weight is 128 g/mol. The third-order valence-electron chi connectivity index (χ3n) is 0.899. The summed E-state index contributed by atoms with van der Waals surface area (Å²) in [6.45, 7) is 3.62. The number of Topliss-reactive ketones (excluding diaryl/α,β-unsaturated/α-hetero) is 1. The standard InChI is InChI=1S/C7H14NO/c1-4-5-7(9)6-8(2)3/h6H,4-5H2,1-3H3. The van der Waals surface area contributed by atoms with Crippen molar-refractivity contribution in [2.75, 3.05) is 14.1 Å². The van der Waals surface area contributed by atoms with Gasteiger partial charge in [-0.2, -0.15) is 0 Å². The van der Waals surface area contributed by atoms with Crippen LogP contribution in [0.4, 0.5) is 0 Å². The average Bonchev–Trinajstić information content (AvgIpc) is 1.63. The van der Waals surface area contributed by atoms with E-state index in [0.717, 1.165) is 6.42 Å². The molecule has 53 valence electrons. The van der Waals surface area contributed by atoms with Gasteiger partial charge < -0.3 is 0 Å². The Balaban J connectivity index is 3.27. The second-order valence-electron chi connectivity index (χ2n) is 2.31. The van der Waals surface area contributed by atoms with E-state index in [4.69, 9.17) is 0 Å². The molecule has 0 atom stereocenters. The Morgan fingerprint density at radius 3 is 2.44 bits per heavy atom. The van der Waals surface area contributed by atoms with E-state index in [1.54, 1.807) is 11.4 Å². The molecule has 0 saturated heterocycles. The van der Waals surface area contributed by atoms with Crippen molar-refractivity contribution in [1.82, 2.24) is 4.90 Å². The van der Waals surface area contributed by atoms with E-state index in [0.29, 0.717) is 6.42 Å². The molecule has 0 aliphatic rings. The molecule has 0 heterocycles. The zero-order valence-corrected chi connectivity index (χ0v) is 6.35. The molecule has 2 heteroatoms. The molecule has 0 spiro atoms. The lowest BCUT2D eigenvalue weighted by molar-refractivity contribution is -0.117. The zero-order chi connectivity index (χ0) is 7.28. The van der Waals surface area contributed by atoms with E-state index in [9.17, 15) is 4.79 Å². The Labute approximate surface area is 56.9 Å². The number of ketones is 1. The normalized spacial score (nSPS) is 10.2. The van der Waals surface area contributed by atoms with Gasteiger partial charge in [-0.1, -0.05) is 6.92 Å². The fraction of sp³-hybridized carbons (Fsp3) is 0.714. The van der Waals surface area contributed by atoms with Crippen molar-refractivity contribution in [2.45, 2.75) is 19.8 Å². The lowest BCUT2D eigenvalue weighted by Gasteiger charge is -2.05. The molecule has 0 aliphatic heterocycles. The summed E-state index contributed by atoms with van der Waals surface area (Å²) in [6.07, 6.45) is 1.60. The first-order valence-corrected chi connectivity index (χ1v) is 3.21. The van der Waals surface area contributed by atoms with Crippen molar-refractivity contribution in [2.24, 2.45) is 0 Å². The van der Waals surface area contributed by atoms with Gasteiger partial charge in [0.2, 0.25) is 0 Å². The van der Waals surface area contributed by atoms with Crippen molar-refractivity contribution in [3.63, 3.8) is 0 Å². The third kappa shape index (κ3) is 5.50. The topological polar surface area (TPSA) is 20.3 Å². The van der Waals surface area contributed by atoms with E-state index in [-0.39, 0.29) is 5.78 Å². The summed E-state index contributed by atoms with van der Waals surface area (Å²) in [7, 11) is 3.71. The lowest BCUT2D eigenvalue weighted by atomic mass is 10.2. The number of carbonyl (C=O) groups is 1. The smallest absolute Gasteiger partial charge is 0.152 e. The van der Waals surface area contributed by atoms with Crippen LogP contribution in [0.1, 0.15) is 19.8 Å². The van der Waals surface area contributed by atoms with Crippen LogP contribution in [-0.4, -0.2) is 24.8 Å². The minimum absolute atomic E-state index is 0.211. The lowest BCUT2D eigenvalue weighted by Crippen LogP contribution is -2.14. The second-order valence-corrected chi connectivity index (χ2v) is 2.31. The Hall–Kier alpha value is -0.370. The molecule has 0 aromatic rings. The maximum absolute atomic E-state index is 10.8.